The monoisotopic (exact) mass is 286 g/mol. The predicted molar refractivity (Wildman–Crippen MR) is 80.2 cm³/mol. The lowest BCUT2D eigenvalue weighted by Gasteiger charge is -2.14. The summed E-state index contributed by atoms with van der Waals surface area (Å²) in [7, 11) is 0. The molecule has 2 N–H and O–H groups in total. The van der Waals surface area contributed by atoms with Crippen LogP contribution in [-0.4, -0.2) is 28.2 Å². The maximum atomic E-state index is 12.0. The number of pyridine rings is 1. The third kappa shape index (κ3) is 4.03. The first-order chi connectivity index (χ1) is 10.1. The summed E-state index contributed by atoms with van der Waals surface area (Å²) >= 11 is 0. The van der Waals surface area contributed by atoms with Crippen molar-refractivity contribution >= 4 is 5.91 Å². The second kappa shape index (κ2) is 6.85. The molecule has 0 saturated heterocycles. The van der Waals surface area contributed by atoms with Crippen molar-refractivity contribution in [1.82, 2.24) is 9.88 Å². The molecule has 1 amide bonds. The third-order valence-electron chi connectivity index (χ3n) is 3.19. The van der Waals surface area contributed by atoms with E-state index in [9.17, 15) is 14.7 Å². The van der Waals surface area contributed by atoms with Crippen molar-refractivity contribution in [2.24, 2.45) is 0 Å². The molecule has 110 valence electrons. The summed E-state index contributed by atoms with van der Waals surface area (Å²) in [5, 5.41) is 12.6. The molecule has 1 atom stereocenters. The Morgan fingerprint density at radius 1 is 1.24 bits per heavy atom. The SMILES string of the molecule is Cc1ccccc1C(=O)NCC(O)Cn1ccccc1=O. The molecule has 21 heavy (non-hydrogen) atoms. The zero-order valence-corrected chi connectivity index (χ0v) is 11.8. The molecule has 1 heterocycles. The van der Waals surface area contributed by atoms with Crippen LogP contribution in [-0.2, 0) is 6.54 Å². The van der Waals surface area contributed by atoms with Crippen molar-refractivity contribution in [3.63, 3.8) is 0 Å². The number of hydrogen-bond donors (Lipinski definition) is 2. The maximum absolute atomic E-state index is 12.0. The molecule has 1 aromatic carbocycles. The van der Waals surface area contributed by atoms with E-state index in [1.807, 2.05) is 19.1 Å². The van der Waals surface area contributed by atoms with Gasteiger partial charge in [0.2, 0.25) is 0 Å². The molecule has 0 aliphatic carbocycles. The minimum absolute atomic E-state index is 0.0918. The Balaban J connectivity index is 1.91. The van der Waals surface area contributed by atoms with Gasteiger partial charge in [-0.25, -0.2) is 0 Å². The fourth-order valence-electron chi connectivity index (χ4n) is 2.04. The van der Waals surface area contributed by atoms with Crippen molar-refractivity contribution in [3.8, 4) is 0 Å². The van der Waals surface area contributed by atoms with Crippen molar-refractivity contribution in [1.29, 1.82) is 0 Å². The molecule has 2 aromatic rings. The van der Waals surface area contributed by atoms with Gasteiger partial charge in [0.15, 0.2) is 0 Å². The standard InChI is InChI=1S/C16H18N2O3/c1-12-6-2-3-7-14(12)16(21)17-10-13(19)11-18-9-5-4-8-15(18)20/h2-9,13,19H,10-11H2,1H3,(H,17,21). The van der Waals surface area contributed by atoms with Gasteiger partial charge in [-0.3, -0.25) is 9.59 Å². The first-order valence-corrected chi connectivity index (χ1v) is 6.75. The van der Waals surface area contributed by atoms with E-state index in [1.165, 1.54) is 10.6 Å². The zero-order valence-electron chi connectivity index (χ0n) is 11.8. The number of carbonyl (C=O) groups excluding carboxylic acids is 1. The van der Waals surface area contributed by atoms with Crippen LogP contribution in [0.25, 0.3) is 0 Å². The summed E-state index contributed by atoms with van der Waals surface area (Å²) in [4.78, 5) is 23.5. The summed E-state index contributed by atoms with van der Waals surface area (Å²) in [5.41, 5.74) is 1.28. The minimum atomic E-state index is -0.821. The molecule has 0 bridgehead atoms. The van der Waals surface area contributed by atoms with Crippen LogP contribution in [0.4, 0.5) is 0 Å². The maximum Gasteiger partial charge on any atom is 0.251 e. The minimum Gasteiger partial charge on any atom is -0.389 e. The number of aliphatic hydroxyl groups is 1. The van der Waals surface area contributed by atoms with Crippen LogP contribution in [0.3, 0.4) is 0 Å². The van der Waals surface area contributed by atoms with Gasteiger partial charge in [-0.05, 0) is 24.6 Å². The topological polar surface area (TPSA) is 71.3 Å². The van der Waals surface area contributed by atoms with Crippen molar-refractivity contribution in [2.75, 3.05) is 6.54 Å². The van der Waals surface area contributed by atoms with Gasteiger partial charge >= 0.3 is 0 Å². The largest absolute Gasteiger partial charge is 0.389 e. The molecule has 0 aliphatic rings. The van der Waals surface area contributed by atoms with Gasteiger partial charge in [0.05, 0.1) is 12.6 Å². The number of benzene rings is 1. The van der Waals surface area contributed by atoms with Crippen LogP contribution in [0, 0.1) is 6.92 Å². The molecule has 0 saturated carbocycles. The van der Waals surface area contributed by atoms with Crippen LogP contribution in [0.1, 0.15) is 15.9 Å². The summed E-state index contributed by atoms with van der Waals surface area (Å²) in [6.45, 7) is 2.09. The zero-order chi connectivity index (χ0) is 15.2. The average molecular weight is 286 g/mol. The van der Waals surface area contributed by atoms with Crippen molar-refractivity contribution in [3.05, 3.63) is 70.1 Å². The number of aryl methyl sites for hydroxylation is 1. The lowest BCUT2D eigenvalue weighted by molar-refractivity contribution is 0.0902. The highest BCUT2D eigenvalue weighted by Gasteiger charge is 2.11. The van der Waals surface area contributed by atoms with Gasteiger partial charge in [0.1, 0.15) is 0 Å². The Morgan fingerprint density at radius 3 is 2.67 bits per heavy atom. The number of amides is 1. The van der Waals surface area contributed by atoms with Gasteiger partial charge < -0.3 is 15.0 Å². The Bertz CT molecular complexity index is 679. The number of aliphatic hydroxyl groups excluding tert-OH is 1. The molecule has 0 spiro atoms. The fourth-order valence-corrected chi connectivity index (χ4v) is 2.04. The third-order valence-corrected chi connectivity index (χ3v) is 3.19. The lowest BCUT2D eigenvalue weighted by atomic mass is 10.1. The average Bonchev–Trinajstić information content (AvgIpc) is 2.48. The van der Waals surface area contributed by atoms with E-state index in [1.54, 1.807) is 30.5 Å². The number of nitrogens with one attached hydrogen (secondary N) is 1. The van der Waals surface area contributed by atoms with Crippen LogP contribution in [0.15, 0.2) is 53.5 Å². The first-order valence-electron chi connectivity index (χ1n) is 6.75. The second-order valence-corrected chi connectivity index (χ2v) is 4.87. The van der Waals surface area contributed by atoms with Gasteiger partial charge in [-0.2, -0.15) is 0 Å². The fraction of sp³-hybridized carbons (Fsp3) is 0.250. The molecule has 5 nitrogen and oxygen atoms in total. The smallest absolute Gasteiger partial charge is 0.251 e. The van der Waals surface area contributed by atoms with E-state index in [-0.39, 0.29) is 24.6 Å². The quantitative estimate of drug-likeness (QED) is 0.859. The summed E-state index contributed by atoms with van der Waals surface area (Å²) in [6.07, 6.45) is 0.785. The predicted octanol–water partition coefficient (Wildman–Crippen LogP) is 0.948. The molecule has 1 aromatic heterocycles. The highest BCUT2D eigenvalue weighted by molar-refractivity contribution is 5.95. The Kier molecular flexibility index (Phi) is 4.90. The van der Waals surface area contributed by atoms with Gasteiger partial charge in [-0.15, -0.1) is 0 Å². The molecular weight excluding hydrogens is 268 g/mol. The van der Waals surface area contributed by atoms with Crippen LogP contribution >= 0.6 is 0 Å². The molecule has 0 radical (unpaired) electrons. The van der Waals surface area contributed by atoms with Gasteiger partial charge in [0.25, 0.3) is 11.5 Å². The Morgan fingerprint density at radius 2 is 1.95 bits per heavy atom. The molecule has 0 aliphatic heterocycles. The second-order valence-electron chi connectivity index (χ2n) is 4.87. The van der Waals surface area contributed by atoms with Crippen molar-refractivity contribution < 1.29 is 9.90 Å². The van der Waals surface area contributed by atoms with E-state index in [4.69, 9.17) is 0 Å². The van der Waals surface area contributed by atoms with Crippen molar-refractivity contribution in [2.45, 2.75) is 19.6 Å². The van der Waals surface area contributed by atoms with E-state index in [0.29, 0.717) is 5.56 Å². The van der Waals surface area contributed by atoms with E-state index in [0.717, 1.165) is 5.56 Å². The van der Waals surface area contributed by atoms with Crippen LogP contribution in [0.5, 0.6) is 0 Å². The van der Waals surface area contributed by atoms with E-state index >= 15 is 0 Å². The normalized spacial score (nSPS) is 11.9. The van der Waals surface area contributed by atoms with E-state index < -0.39 is 6.10 Å². The first kappa shape index (κ1) is 15.0. The summed E-state index contributed by atoms with van der Waals surface area (Å²) in [5.74, 6) is -0.229. The Labute approximate surface area is 122 Å². The molecule has 2 rings (SSSR count). The summed E-state index contributed by atoms with van der Waals surface area (Å²) < 4.78 is 1.41. The number of carbonyl (C=O) groups is 1. The van der Waals surface area contributed by atoms with E-state index in [2.05, 4.69) is 5.32 Å². The number of nitrogens with zero attached hydrogens (tertiary/aromatic N) is 1. The molecule has 0 fully saturated rings. The van der Waals surface area contributed by atoms with Crippen LogP contribution < -0.4 is 10.9 Å². The number of rotatable bonds is 5. The number of hydrogen-bond acceptors (Lipinski definition) is 3. The summed E-state index contributed by atoms with van der Waals surface area (Å²) in [6, 6.07) is 12.0. The van der Waals surface area contributed by atoms with Gasteiger partial charge in [-0.1, -0.05) is 24.3 Å². The van der Waals surface area contributed by atoms with Gasteiger partial charge in [0, 0.05) is 24.4 Å². The lowest BCUT2D eigenvalue weighted by Crippen LogP contribution is -2.36. The number of aromatic nitrogens is 1. The molecule has 1 unspecified atom stereocenters. The molecular formula is C16H18N2O3. The highest BCUT2D eigenvalue weighted by Crippen LogP contribution is 2.06. The van der Waals surface area contributed by atoms with Crippen LogP contribution in [0.2, 0.25) is 0 Å². The molecule has 5 heteroatoms. The Hall–Kier alpha value is -2.40. The highest BCUT2D eigenvalue weighted by atomic mass is 16.3.